The largest absolute Gasteiger partial charge is 0.493 e. The number of carbonyl (C=O) groups excluding carboxylic acids is 1. The average Bonchev–Trinajstić information content (AvgIpc) is 3.25. The fraction of sp³-hybridized carbons (Fsp3) is 0.357. The van der Waals surface area contributed by atoms with Gasteiger partial charge in [0, 0.05) is 4.88 Å². The van der Waals surface area contributed by atoms with E-state index in [1.165, 1.54) is 30.6 Å². The monoisotopic (exact) mass is 579 g/mol. The number of thiophene rings is 1. The Morgan fingerprint density at radius 1 is 1.37 bits per heavy atom. The molecule has 0 radical (unpaired) electrons. The fourth-order valence-electron chi connectivity index (χ4n) is 4.64. The summed E-state index contributed by atoms with van der Waals surface area (Å²) in [5, 5.41) is 33.7. The van der Waals surface area contributed by atoms with Crippen molar-refractivity contribution in [3.05, 3.63) is 66.1 Å². The van der Waals surface area contributed by atoms with Gasteiger partial charge in [0.2, 0.25) is 0 Å². The van der Waals surface area contributed by atoms with Crippen molar-refractivity contribution in [3.8, 4) is 23.4 Å². The number of aromatic nitrogens is 2. The quantitative estimate of drug-likeness (QED) is 0.252. The molecule has 13 heteroatoms. The number of hydrogen-bond donors (Lipinski definition) is 3. The van der Waals surface area contributed by atoms with E-state index >= 15 is 0 Å². The highest BCUT2D eigenvalue weighted by molar-refractivity contribution is 7.16. The second-order valence-electron chi connectivity index (χ2n) is 10.6. The van der Waals surface area contributed by atoms with E-state index in [1.807, 2.05) is 0 Å². The smallest absolute Gasteiger partial charge is 0.395 e. The Morgan fingerprint density at radius 3 is 2.76 bits per heavy atom. The van der Waals surface area contributed by atoms with E-state index in [1.54, 1.807) is 18.2 Å². The summed E-state index contributed by atoms with van der Waals surface area (Å²) in [6, 6.07) is 7.11. The van der Waals surface area contributed by atoms with Crippen LogP contribution in [0.5, 0.6) is 17.4 Å². The van der Waals surface area contributed by atoms with Gasteiger partial charge in [-0.25, -0.2) is 0 Å². The number of nitrogens with zero attached hydrogens (tertiary/aromatic N) is 3. The summed E-state index contributed by atoms with van der Waals surface area (Å²) >= 11 is 1.45. The van der Waals surface area contributed by atoms with Crippen LogP contribution in [-0.2, 0) is 17.6 Å². The van der Waals surface area contributed by atoms with Gasteiger partial charge in [0.25, 0.3) is 11.8 Å². The lowest BCUT2D eigenvalue weighted by molar-refractivity contribution is -0.387. The number of methoxy groups -OCH3 is 1. The van der Waals surface area contributed by atoms with Crippen molar-refractivity contribution in [1.82, 2.24) is 9.97 Å². The topological polar surface area (TPSA) is 180 Å². The number of aromatic hydroxyl groups is 1. The van der Waals surface area contributed by atoms with Gasteiger partial charge in [-0.05, 0) is 59.9 Å². The van der Waals surface area contributed by atoms with E-state index in [0.717, 1.165) is 29.7 Å². The minimum absolute atomic E-state index is 0.0880. The van der Waals surface area contributed by atoms with Crippen molar-refractivity contribution in [1.29, 1.82) is 5.26 Å². The van der Waals surface area contributed by atoms with Gasteiger partial charge in [-0.2, -0.15) is 10.2 Å². The minimum atomic E-state index is -1.08. The molecule has 0 aliphatic heterocycles. The Labute approximate surface area is 239 Å². The molecule has 2 aromatic heterocycles. The number of aromatic amines is 1. The number of nitriles is 1. The van der Waals surface area contributed by atoms with E-state index in [-0.39, 0.29) is 17.8 Å². The summed E-state index contributed by atoms with van der Waals surface area (Å²) < 4.78 is 11.1. The van der Waals surface area contributed by atoms with Gasteiger partial charge in [0.15, 0.2) is 18.1 Å². The zero-order chi connectivity index (χ0) is 29.9. The molecule has 1 aliphatic carbocycles. The van der Waals surface area contributed by atoms with Crippen LogP contribution < -0.4 is 20.3 Å². The number of carbonyl (C=O) groups is 1. The first-order valence-corrected chi connectivity index (χ1v) is 13.5. The lowest BCUT2D eigenvalue weighted by atomic mass is 9.72. The maximum Gasteiger partial charge on any atom is 0.395 e. The summed E-state index contributed by atoms with van der Waals surface area (Å²) in [6.45, 7) is 6.37. The third kappa shape index (κ3) is 6.55. The van der Waals surface area contributed by atoms with Gasteiger partial charge in [0.05, 0.1) is 17.6 Å². The lowest BCUT2D eigenvalue weighted by Gasteiger charge is -2.33. The molecule has 214 valence electrons. The molecular weight excluding hydrogens is 550 g/mol. The maximum absolute atomic E-state index is 12.7. The van der Waals surface area contributed by atoms with Gasteiger partial charge in [-0.1, -0.05) is 32.9 Å². The SMILES string of the molecule is COc1cc(/C=C/c2nc(O)c([N+](=O)[O-])c(=O)[nH]2)ccc1OCC(=O)Nc1sc2c(c1C#N)CC[C@@H](C(C)(C)C)C2. The van der Waals surface area contributed by atoms with E-state index in [9.17, 15) is 30.1 Å². The van der Waals surface area contributed by atoms with E-state index in [4.69, 9.17) is 9.47 Å². The predicted octanol–water partition coefficient (Wildman–Crippen LogP) is 4.66. The third-order valence-corrected chi connectivity index (χ3v) is 8.08. The van der Waals surface area contributed by atoms with Gasteiger partial charge >= 0.3 is 11.2 Å². The molecular formula is C28H29N5O7S. The number of fused-ring (bicyclic) bond motifs is 1. The number of ether oxygens (including phenoxy) is 2. The van der Waals surface area contributed by atoms with Crippen LogP contribution in [0.15, 0.2) is 23.0 Å². The molecule has 2 heterocycles. The molecule has 1 atom stereocenters. The zero-order valence-electron chi connectivity index (χ0n) is 22.9. The second kappa shape index (κ2) is 11.8. The number of rotatable bonds is 8. The molecule has 1 aromatic carbocycles. The number of nitrogens with one attached hydrogen (secondary N) is 2. The first kappa shape index (κ1) is 29.3. The van der Waals surface area contributed by atoms with E-state index in [0.29, 0.717) is 33.5 Å². The summed E-state index contributed by atoms with van der Waals surface area (Å²) in [6.07, 6.45) is 5.60. The van der Waals surface area contributed by atoms with Gasteiger partial charge in [0.1, 0.15) is 16.9 Å². The van der Waals surface area contributed by atoms with Crippen LogP contribution in [-0.4, -0.2) is 39.6 Å². The highest BCUT2D eigenvalue weighted by Crippen LogP contribution is 2.44. The van der Waals surface area contributed by atoms with Crippen LogP contribution in [0.4, 0.5) is 10.7 Å². The number of benzene rings is 1. The number of hydrogen-bond acceptors (Lipinski definition) is 10. The van der Waals surface area contributed by atoms with Crippen molar-refractivity contribution in [2.45, 2.75) is 40.0 Å². The average molecular weight is 580 g/mol. The molecule has 0 saturated carbocycles. The second-order valence-corrected chi connectivity index (χ2v) is 11.7. The fourth-order valence-corrected chi connectivity index (χ4v) is 5.93. The molecule has 0 unspecified atom stereocenters. The molecule has 41 heavy (non-hydrogen) atoms. The van der Waals surface area contributed by atoms with Crippen molar-refractivity contribution in [2.24, 2.45) is 11.3 Å². The highest BCUT2D eigenvalue weighted by atomic mass is 32.1. The Balaban J connectivity index is 1.42. The van der Waals surface area contributed by atoms with Crippen LogP contribution in [0, 0.1) is 32.8 Å². The van der Waals surface area contributed by atoms with E-state index < -0.39 is 28.0 Å². The van der Waals surface area contributed by atoms with Gasteiger partial charge in [-0.3, -0.25) is 19.7 Å². The van der Waals surface area contributed by atoms with Crippen molar-refractivity contribution in [2.75, 3.05) is 19.0 Å². The summed E-state index contributed by atoms with van der Waals surface area (Å²) in [5.74, 6) is -0.348. The normalized spacial score (nSPS) is 14.8. The van der Waals surface area contributed by atoms with Gasteiger partial charge < -0.3 is 24.9 Å². The first-order chi connectivity index (χ1) is 19.4. The predicted molar refractivity (Wildman–Crippen MR) is 153 cm³/mol. The van der Waals surface area contributed by atoms with Crippen LogP contribution in [0.2, 0.25) is 0 Å². The molecule has 12 nitrogen and oxygen atoms in total. The molecule has 0 fully saturated rings. The van der Waals surface area contributed by atoms with Crippen molar-refractivity contribution in [3.63, 3.8) is 0 Å². The number of anilines is 1. The standard InChI is InChI=1S/C28H29N5O7S/c1-28(2,3)16-7-8-17-18(13-29)27(41-21(17)12-16)32-23(34)14-40-19-9-5-15(11-20(19)39-4)6-10-22-30-25(35)24(33(37)38)26(36)31-22/h5-6,9-11,16H,7-8,12,14H2,1-4H3,(H,32,34)(H2,30,31,35,36)/b10-6+/t16-/m1/s1. The molecule has 1 aliphatic rings. The van der Waals surface area contributed by atoms with E-state index in [2.05, 4.69) is 42.1 Å². The zero-order valence-corrected chi connectivity index (χ0v) is 23.8. The third-order valence-electron chi connectivity index (χ3n) is 6.91. The number of nitro groups is 1. The highest BCUT2D eigenvalue weighted by Gasteiger charge is 2.32. The van der Waals surface area contributed by atoms with Gasteiger partial charge in [-0.15, -0.1) is 11.3 Å². The minimum Gasteiger partial charge on any atom is -0.493 e. The lowest BCUT2D eigenvalue weighted by Crippen LogP contribution is -2.26. The number of amides is 1. The Bertz CT molecular complexity index is 1630. The Morgan fingerprint density at radius 2 is 2.12 bits per heavy atom. The van der Waals surface area contributed by atoms with Crippen LogP contribution in [0.3, 0.4) is 0 Å². The summed E-state index contributed by atoms with van der Waals surface area (Å²) in [4.78, 5) is 41.4. The summed E-state index contributed by atoms with van der Waals surface area (Å²) in [7, 11) is 1.43. The molecule has 3 aromatic rings. The summed E-state index contributed by atoms with van der Waals surface area (Å²) in [5.41, 5.74) is 0.195. The molecule has 0 bridgehead atoms. The van der Waals surface area contributed by atoms with Crippen LogP contribution in [0.1, 0.15) is 54.6 Å². The molecule has 3 N–H and O–H groups in total. The molecule has 4 rings (SSSR count). The molecule has 0 saturated heterocycles. The first-order valence-electron chi connectivity index (χ1n) is 12.7. The van der Waals surface area contributed by atoms with Crippen molar-refractivity contribution < 1.29 is 24.3 Å². The molecule has 1 amide bonds. The maximum atomic E-state index is 12.7. The van der Waals surface area contributed by atoms with Crippen molar-refractivity contribution >= 4 is 40.1 Å². The Kier molecular flexibility index (Phi) is 8.44. The molecule has 0 spiro atoms. The Hall–Kier alpha value is -4.70. The van der Waals surface area contributed by atoms with Crippen LogP contribution >= 0.6 is 11.3 Å². The number of H-pyrrole nitrogens is 1. The van der Waals surface area contributed by atoms with Crippen LogP contribution in [0.25, 0.3) is 12.2 Å².